The molecule has 1 N–H and O–H groups in total. The van der Waals surface area contributed by atoms with Crippen LogP contribution in [0.3, 0.4) is 0 Å². The van der Waals surface area contributed by atoms with E-state index in [0.29, 0.717) is 28.6 Å². The molecule has 6 heteroatoms. The van der Waals surface area contributed by atoms with Gasteiger partial charge in [0.1, 0.15) is 5.75 Å². The van der Waals surface area contributed by atoms with E-state index < -0.39 is 17.7 Å². The normalized spacial score (nSPS) is 16.8. The van der Waals surface area contributed by atoms with Gasteiger partial charge in [0, 0.05) is 16.6 Å². The number of anilines is 1. The number of hydrogen-bond donors (Lipinski definition) is 1. The summed E-state index contributed by atoms with van der Waals surface area (Å²) in [6, 6.07) is 13.2. The van der Waals surface area contributed by atoms with Crippen molar-refractivity contribution >= 4 is 29.0 Å². The maximum absolute atomic E-state index is 12.9. The number of halogens is 1. The summed E-state index contributed by atoms with van der Waals surface area (Å²) in [5.41, 5.74) is 1.36. The second kappa shape index (κ2) is 8.07. The van der Waals surface area contributed by atoms with E-state index in [2.05, 4.69) is 0 Å². The van der Waals surface area contributed by atoms with Gasteiger partial charge in [-0.05, 0) is 48.9 Å². The van der Waals surface area contributed by atoms with E-state index in [9.17, 15) is 14.7 Å². The van der Waals surface area contributed by atoms with Crippen LogP contribution in [0, 0.1) is 5.92 Å². The molecule has 1 amide bonds. The molecule has 5 nitrogen and oxygen atoms in total. The van der Waals surface area contributed by atoms with E-state index in [1.165, 1.54) is 4.90 Å². The Bertz CT molecular complexity index is 917. The third-order valence-electron chi connectivity index (χ3n) is 4.61. The van der Waals surface area contributed by atoms with Gasteiger partial charge in [0.05, 0.1) is 18.2 Å². The minimum Gasteiger partial charge on any atom is -0.503 e. The summed E-state index contributed by atoms with van der Waals surface area (Å²) < 4.78 is 5.45. The van der Waals surface area contributed by atoms with E-state index in [0.717, 1.165) is 0 Å². The molecule has 0 aromatic heterocycles. The molecule has 1 heterocycles. The third-order valence-corrected chi connectivity index (χ3v) is 4.86. The molecular formula is C22H22ClNO4. The van der Waals surface area contributed by atoms with Gasteiger partial charge in [-0.1, -0.05) is 37.6 Å². The van der Waals surface area contributed by atoms with Crippen LogP contribution in [0.25, 0.3) is 0 Å². The molecule has 2 aromatic rings. The van der Waals surface area contributed by atoms with Crippen molar-refractivity contribution in [3.05, 3.63) is 70.4 Å². The third kappa shape index (κ3) is 3.62. The van der Waals surface area contributed by atoms with E-state index >= 15 is 0 Å². The molecule has 28 heavy (non-hydrogen) atoms. The average molecular weight is 400 g/mol. The number of rotatable bonds is 6. The predicted octanol–water partition coefficient (Wildman–Crippen LogP) is 4.86. The Balaban J connectivity index is 2.11. The number of carbonyl (C=O) groups excluding carboxylic acids is 2. The summed E-state index contributed by atoms with van der Waals surface area (Å²) in [6.07, 6.45) is 0. The van der Waals surface area contributed by atoms with Gasteiger partial charge in [-0.3, -0.25) is 14.5 Å². The standard InChI is InChI=1S/C22H22ClNO4/c1-4-28-17-11-9-16(10-12-17)24-19(14-5-7-15(23)8-6-14)18(20(25)13(2)3)21(26)22(24)27/h5-13,19,26H,4H2,1-3H3. The molecule has 146 valence electrons. The first kappa shape index (κ1) is 20.0. The summed E-state index contributed by atoms with van der Waals surface area (Å²) in [7, 11) is 0. The van der Waals surface area contributed by atoms with Crippen LogP contribution in [0.4, 0.5) is 5.69 Å². The summed E-state index contributed by atoms with van der Waals surface area (Å²) in [5.74, 6) is -1.06. The monoisotopic (exact) mass is 399 g/mol. The van der Waals surface area contributed by atoms with E-state index in [1.807, 2.05) is 6.92 Å². The smallest absolute Gasteiger partial charge is 0.294 e. The van der Waals surface area contributed by atoms with Gasteiger partial charge in [-0.25, -0.2) is 0 Å². The Morgan fingerprint density at radius 3 is 2.29 bits per heavy atom. The number of carbonyl (C=O) groups is 2. The SMILES string of the molecule is CCOc1ccc(N2C(=O)C(O)=C(C(=O)C(C)C)C2c2ccc(Cl)cc2)cc1. The number of hydrogen-bond acceptors (Lipinski definition) is 4. The number of ether oxygens (including phenoxy) is 1. The van der Waals surface area contributed by atoms with Crippen LogP contribution in [-0.2, 0) is 9.59 Å². The minimum absolute atomic E-state index is 0.108. The molecule has 1 atom stereocenters. The lowest BCUT2D eigenvalue weighted by Crippen LogP contribution is -2.31. The summed E-state index contributed by atoms with van der Waals surface area (Å²) in [4.78, 5) is 27.2. The summed E-state index contributed by atoms with van der Waals surface area (Å²) in [5, 5.41) is 11.1. The Morgan fingerprint density at radius 1 is 1.14 bits per heavy atom. The van der Waals surface area contributed by atoms with Crippen LogP contribution in [0.15, 0.2) is 59.9 Å². The lowest BCUT2D eigenvalue weighted by molar-refractivity contribution is -0.119. The highest BCUT2D eigenvalue weighted by atomic mass is 35.5. The summed E-state index contributed by atoms with van der Waals surface area (Å²) >= 11 is 6.00. The van der Waals surface area contributed by atoms with Crippen LogP contribution in [-0.4, -0.2) is 23.4 Å². The van der Waals surface area contributed by atoms with Gasteiger partial charge >= 0.3 is 0 Å². The first-order valence-electron chi connectivity index (χ1n) is 9.14. The molecule has 0 fully saturated rings. The Labute approximate surface area is 169 Å². The largest absolute Gasteiger partial charge is 0.503 e. The van der Waals surface area contributed by atoms with Crippen LogP contribution in [0.2, 0.25) is 5.02 Å². The summed E-state index contributed by atoms with van der Waals surface area (Å²) in [6.45, 7) is 5.90. The molecular weight excluding hydrogens is 378 g/mol. The molecule has 0 bridgehead atoms. The Morgan fingerprint density at radius 2 is 1.75 bits per heavy atom. The number of nitrogens with zero attached hydrogens (tertiary/aromatic N) is 1. The van der Waals surface area contributed by atoms with Gasteiger partial charge < -0.3 is 9.84 Å². The minimum atomic E-state index is -0.724. The highest BCUT2D eigenvalue weighted by Gasteiger charge is 2.44. The second-order valence-electron chi connectivity index (χ2n) is 6.84. The zero-order valence-electron chi connectivity index (χ0n) is 16.0. The molecule has 0 radical (unpaired) electrons. The number of aliphatic hydroxyl groups is 1. The molecule has 0 aliphatic carbocycles. The number of amides is 1. The average Bonchev–Trinajstić information content (AvgIpc) is 2.94. The van der Waals surface area contributed by atoms with Crippen molar-refractivity contribution < 1.29 is 19.4 Å². The fourth-order valence-corrected chi connectivity index (χ4v) is 3.39. The molecule has 3 rings (SSSR count). The van der Waals surface area contributed by atoms with E-state index in [1.54, 1.807) is 62.4 Å². The van der Waals surface area contributed by atoms with Crippen molar-refractivity contribution in [3.63, 3.8) is 0 Å². The quantitative estimate of drug-likeness (QED) is 0.752. The first-order valence-corrected chi connectivity index (χ1v) is 9.52. The topological polar surface area (TPSA) is 66.8 Å². The Kier molecular flexibility index (Phi) is 5.75. The van der Waals surface area contributed by atoms with Gasteiger partial charge in [0.25, 0.3) is 5.91 Å². The maximum Gasteiger partial charge on any atom is 0.294 e. The lowest BCUT2D eigenvalue weighted by atomic mass is 9.91. The molecule has 0 saturated carbocycles. The zero-order chi connectivity index (χ0) is 20.4. The first-order chi connectivity index (χ1) is 13.3. The number of ketones is 1. The van der Waals surface area contributed by atoms with Crippen molar-refractivity contribution in [2.24, 2.45) is 5.92 Å². The van der Waals surface area contributed by atoms with Crippen molar-refractivity contribution in [1.29, 1.82) is 0 Å². The van der Waals surface area contributed by atoms with Crippen molar-refractivity contribution in [3.8, 4) is 5.75 Å². The lowest BCUT2D eigenvalue weighted by Gasteiger charge is -2.27. The number of Topliss-reactive ketones (excluding diaryl/α,β-unsaturated/α-hetero) is 1. The highest BCUT2D eigenvalue weighted by molar-refractivity contribution is 6.30. The number of aliphatic hydroxyl groups excluding tert-OH is 1. The Hall–Kier alpha value is -2.79. The van der Waals surface area contributed by atoms with Crippen LogP contribution in [0.5, 0.6) is 5.75 Å². The molecule has 1 aliphatic heterocycles. The van der Waals surface area contributed by atoms with Crippen molar-refractivity contribution in [2.45, 2.75) is 26.8 Å². The predicted molar refractivity (Wildman–Crippen MR) is 109 cm³/mol. The van der Waals surface area contributed by atoms with Gasteiger partial charge in [0.2, 0.25) is 0 Å². The fraction of sp³-hybridized carbons (Fsp3) is 0.273. The number of benzene rings is 2. The van der Waals surface area contributed by atoms with E-state index in [4.69, 9.17) is 16.3 Å². The molecule has 0 spiro atoms. The van der Waals surface area contributed by atoms with Gasteiger partial charge in [-0.2, -0.15) is 0 Å². The van der Waals surface area contributed by atoms with Crippen LogP contribution < -0.4 is 9.64 Å². The molecule has 2 aromatic carbocycles. The van der Waals surface area contributed by atoms with Crippen LogP contribution in [0.1, 0.15) is 32.4 Å². The maximum atomic E-state index is 12.9. The van der Waals surface area contributed by atoms with Crippen LogP contribution >= 0.6 is 11.6 Å². The zero-order valence-corrected chi connectivity index (χ0v) is 16.7. The molecule has 0 saturated heterocycles. The second-order valence-corrected chi connectivity index (χ2v) is 7.27. The highest BCUT2D eigenvalue weighted by Crippen LogP contribution is 2.42. The molecule has 1 aliphatic rings. The van der Waals surface area contributed by atoms with Gasteiger partial charge in [0.15, 0.2) is 11.5 Å². The van der Waals surface area contributed by atoms with E-state index in [-0.39, 0.29) is 17.3 Å². The van der Waals surface area contributed by atoms with Gasteiger partial charge in [-0.15, -0.1) is 0 Å². The molecule has 1 unspecified atom stereocenters. The fourth-order valence-electron chi connectivity index (χ4n) is 3.26. The van der Waals surface area contributed by atoms with Crippen molar-refractivity contribution in [2.75, 3.05) is 11.5 Å². The van der Waals surface area contributed by atoms with Crippen molar-refractivity contribution in [1.82, 2.24) is 0 Å².